The van der Waals surface area contributed by atoms with Gasteiger partial charge in [-0.3, -0.25) is 9.48 Å². The van der Waals surface area contributed by atoms with Crippen LogP contribution in [-0.2, 0) is 22.0 Å². The molecule has 0 unspecified atom stereocenters. The van der Waals surface area contributed by atoms with Crippen LogP contribution in [0.3, 0.4) is 0 Å². The highest BCUT2D eigenvalue weighted by atomic mass is 16.5. The van der Waals surface area contributed by atoms with Crippen molar-refractivity contribution in [3.63, 3.8) is 0 Å². The van der Waals surface area contributed by atoms with Gasteiger partial charge in [-0.2, -0.15) is 10.1 Å². The first-order valence-electron chi connectivity index (χ1n) is 5.57. The minimum atomic E-state index is -0.720. The van der Waals surface area contributed by atoms with Crippen molar-refractivity contribution < 1.29 is 14.1 Å². The van der Waals surface area contributed by atoms with Crippen LogP contribution in [0, 0.1) is 0 Å². The average Bonchev–Trinajstić information content (AvgIpc) is 2.84. The number of carbonyl (C=O) groups excluding carboxylic acids is 1. The maximum atomic E-state index is 11.7. The summed E-state index contributed by atoms with van der Waals surface area (Å²) in [6.45, 7) is 0. The van der Waals surface area contributed by atoms with Gasteiger partial charge in [0, 0.05) is 13.2 Å². The lowest BCUT2D eigenvalue weighted by atomic mass is 10.1. The van der Waals surface area contributed by atoms with Crippen LogP contribution < -0.4 is 0 Å². The van der Waals surface area contributed by atoms with E-state index in [1.54, 1.807) is 24.1 Å². The Balaban J connectivity index is 1.93. The van der Waals surface area contributed by atoms with Crippen LogP contribution in [0.25, 0.3) is 11.4 Å². The van der Waals surface area contributed by atoms with Crippen LogP contribution in [-0.4, -0.2) is 33.0 Å². The zero-order valence-corrected chi connectivity index (χ0v) is 10.1. The van der Waals surface area contributed by atoms with E-state index in [1.165, 1.54) is 7.11 Å². The number of aryl methyl sites for hydroxylation is 1. The molecule has 0 N–H and O–H groups in total. The van der Waals surface area contributed by atoms with Crippen molar-refractivity contribution in [2.75, 3.05) is 7.11 Å². The Morgan fingerprint density at radius 2 is 2.33 bits per heavy atom. The van der Waals surface area contributed by atoms with Crippen LogP contribution in [0.15, 0.2) is 16.9 Å². The molecule has 2 heterocycles. The molecule has 0 amide bonds. The molecule has 0 atom stereocenters. The Labute approximate surface area is 103 Å². The van der Waals surface area contributed by atoms with E-state index < -0.39 is 5.41 Å². The number of hydrogen-bond acceptors (Lipinski definition) is 6. The zero-order chi connectivity index (χ0) is 12.8. The van der Waals surface area contributed by atoms with E-state index in [4.69, 9.17) is 9.26 Å². The molecule has 2 aromatic rings. The van der Waals surface area contributed by atoms with Gasteiger partial charge >= 0.3 is 5.97 Å². The fourth-order valence-electron chi connectivity index (χ4n) is 1.90. The van der Waals surface area contributed by atoms with E-state index in [-0.39, 0.29) is 5.97 Å². The van der Waals surface area contributed by atoms with Crippen molar-refractivity contribution >= 4 is 5.97 Å². The summed E-state index contributed by atoms with van der Waals surface area (Å²) in [5.41, 5.74) is 0.0375. The molecule has 0 bridgehead atoms. The van der Waals surface area contributed by atoms with Gasteiger partial charge < -0.3 is 9.26 Å². The molecule has 1 saturated carbocycles. The molecule has 3 rings (SSSR count). The largest absolute Gasteiger partial charge is 0.468 e. The van der Waals surface area contributed by atoms with Crippen LogP contribution in [0.2, 0.25) is 0 Å². The van der Waals surface area contributed by atoms with E-state index >= 15 is 0 Å². The number of nitrogens with zero attached hydrogens (tertiary/aromatic N) is 4. The van der Waals surface area contributed by atoms with Crippen molar-refractivity contribution in [2.24, 2.45) is 7.05 Å². The van der Waals surface area contributed by atoms with Gasteiger partial charge in [0.1, 0.15) is 5.41 Å². The molecule has 1 aliphatic rings. The summed E-state index contributed by atoms with van der Waals surface area (Å²) in [5.74, 6) is 0.449. The quantitative estimate of drug-likeness (QED) is 0.742. The molecular weight excluding hydrogens is 236 g/mol. The summed E-state index contributed by atoms with van der Waals surface area (Å²) in [5, 5.41) is 7.91. The van der Waals surface area contributed by atoms with Gasteiger partial charge in [-0.25, -0.2) is 0 Å². The molecule has 1 fully saturated rings. The topological polar surface area (TPSA) is 83.0 Å². The standard InChI is InChI=1S/C11H12N4O3/c1-15-6-7(5-12-15)8-13-9(18-14-8)11(3-4-11)10(16)17-2/h5-6H,3-4H2,1-2H3. The fraction of sp³-hybridized carbons (Fsp3) is 0.455. The molecule has 94 valence electrons. The summed E-state index contributed by atoms with van der Waals surface area (Å²) in [6, 6.07) is 0. The summed E-state index contributed by atoms with van der Waals surface area (Å²) >= 11 is 0. The van der Waals surface area contributed by atoms with Crippen molar-refractivity contribution in [2.45, 2.75) is 18.3 Å². The van der Waals surface area contributed by atoms with Crippen molar-refractivity contribution in [3.05, 3.63) is 18.3 Å². The first kappa shape index (κ1) is 10.9. The lowest BCUT2D eigenvalue weighted by Gasteiger charge is -2.05. The maximum absolute atomic E-state index is 11.7. The lowest BCUT2D eigenvalue weighted by molar-refractivity contribution is -0.144. The summed E-state index contributed by atoms with van der Waals surface area (Å²) in [4.78, 5) is 15.9. The summed E-state index contributed by atoms with van der Waals surface area (Å²) in [6.07, 6.45) is 4.81. The Morgan fingerprint density at radius 1 is 1.56 bits per heavy atom. The molecule has 0 aromatic carbocycles. The molecule has 0 spiro atoms. The monoisotopic (exact) mass is 248 g/mol. The smallest absolute Gasteiger partial charge is 0.321 e. The molecule has 7 heteroatoms. The van der Waals surface area contributed by atoms with E-state index in [0.717, 1.165) is 5.56 Å². The van der Waals surface area contributed by atoms with Crippen molar-refractivity contribution in [1.29, 1.82) is 0 Å². The molecule has 2 aromatic heterocycles. The van der Waals surface area contributed by atoms with Crippen molar-refractivity contribution in [1.82, 2.24) is 19.9 Å². The third-order valence-electron chi connectivity index (χ3n) is 3.12. The van der Waals surface area contributed by atoms with E-state index in [2.05, 4.69) is 15.2 Å². The van der Waals surface area contributed by atoms with E-state index in [1.807, 2.05) is 0 Å². The number of aromatic nitrogens is 4. The van der Waals surface area contributed by atoms with Gasteiger partial charge in [-0.1, -0.05) is 5.16 Å². The normalized spacial score (nSPS) is 16.6. The maximum Gasteiger partial charge on any atom is 0.321 e. The van der Waals surface area contributed by atoms with Gasteiger partial charge in [-0.05, 0) is 12.8 Å². The highest BCUT2D eigenvalue weighted by Gasteiger charge is 2.57. The molecule has 1 aliphatic carbocycles. The predicted molar refractivity (Wildman–Crippen MR) is 59.4 cm³/mol. The minimum Gasteiger partial charge on any atom is -0.468 e. The highest BCUT2D eigenvalue weighted by Crippen LogP contribution is 2.48. The van der Waals surface area contributed by atoms with Gasteiger partial charge in [-0.15, -0.1) is 0 Å². The van der Waals surface area contributed by atoms with Gasteiger partial charge in [0.25, 0.3) is 0 Å². The molecule has 0 radical (unpaired) electrons. The van der Waals surface area contributed by atoms with Crippen LogP contribution >= 0.6 is 0 Å². The van der Waals surface area contributed by atoms with E-state index in [9.17, 15) is 4.79 Å². The second kappa shape index (κ2) is 3.66. The number of carbonyl (C=O) groups is 1. The molecule has 0 saturated heterocycles. The Bertz CT molecular complexity index is 597. The number of ether oxygens (including phenoxy) is 1. The number of esters is 1. The number of rotatable bonds is 3. The van der Waals surface area contributed by atoms with Gasteiger partial charge in [0.05, 0.1) is 18.9 Å². The van der Waals surface area contributed by atoms with Crippen molar-refractivity contribution in [3.8, 4) is 11.4 Å². The Morgan fingerprint density at radius 3 is 2.89 bits per heavy atom. The first-order chi connectivity index (χ1) is 8.65. The molecule has 7 nitrogen and oxygen atoms in total. The van der Waals surface area contributed by atoms with Gasteiger partial charge in [0.15, 0.2) is 0 Å². The molecule has 18 heavy (non-hydrogen) atoms. The zero-order valence-electron chi connectivity index (χ0n) is 10.1. The third-order valence-corrected chi connectivity index (χ3v) is 3.12. The number of hydrogen-bond donors (Lipinski definition) is 0. The molecular formula is C11H12N4O3. The Hall–Kier alpha value is -2.18. The Kier molecular flexibility index (Phi) is 2.22. The first-order valence-corrected chi connectivity index (χ1v) is 5.57. The minimum absolute atomic E-state index is 0.316. The highest BCUT2D eigenvalue weighted by molar-refractivity contribution is 5.85. The van der Waals surface area contributed by atoms with Crippen LogP contribution in [0.5, 0.6) is 0 Å². The summed E-state index contributed by atoms with van der Waals surface area (Å²) in [7, 11) is 3.17. The van der Waals surface area contributed by atoms with E-state index in [0.29, 0.717) is 24.6 Å². The summed E-state index contributed by atoms with van der Waals surface area (Å²) < 4.78 is 11.6. The third kappa shape index (κ3) is 1.51. The van der Waals surface area contributed by atoms with Crippen LogP contribution in [0.4, 0.5) is 0 Å². The second-order valence-corrected chi connectivity index (χ2v) is 4.40. The SMILES string of the molecule is COC(=O)C1(c2nc(-c3cnn(C)c3)no2)CC1. The van der Waals surface area contributed by atoms with Gasteiger partial charge in [0.2, 0.25) is 11.7 Å². The number of methoxy groups -OCH3 is 1. The fourth-order valence-corrected chi connectivity index (χ4v) is 1.90. The second-order valence-electron chi connectivity index (χ2n) is 4.40. The lowest BCUT2D eigenvalue weighted by Crippen LogP contribution is -2.22. The average molecular weight is 248 g/mol. The van der Waals surface area contributed by atoms with Crippen LogP contribution in [0.1, 0.15) is 18.7 Å². The predicted octanol–water partition coefficient (Wildman–Crippen LogP) is 0.675. The molecule has 0 aliphatic heterocycles.